The summed E-state index contributed by atoms with van der Waals surface area (Å²) in [6.07, 6.45) is 0.964. The summed E-state index contributed by atoms with van der Waals surface area (Å²) < 4.78 is 10.1. The fourth-order valence-corrected chi connectivity index (χ4v) is 1.77. The maximum Gasteiger partial charge on any atom is 0.459 e. The molecule has 4 heteroatoms. The summed E-state index contributed by atoms with van der Waals surface area (Å²) in [6, 6.07) is 0.820. The molecule has 69 valence electrons. The van der Waals surface area contributed by atoms with Crippen molar-refractivity contribution in [1.29, 1.82) is 0 Å². The molecule has 0 rings (SSSR count). The molecule has 0 aromatic heterocycles. The van der Waals surface area contributed by atoms with Gasteiger partial charge < -0.3 is 8.85 Å². The lowest BCUT2D eigenvalue weighted by atomic mass is 10.4. The molecule has 0 amide bonds. The Morgan fingerprint density at radius 2 is 2.17 bits per heavy atom. The zero-order chi connectivity index (χ0) is 9.56. The molecule has 12 heavy (non-hydrogen) atoms. The van der Waals surface area contributed by atoms with Gasteiger partial charge in [-0.15, -0.1) is 0 Å². The third-order valence-corrected chi connectivity index (χ3v) is 3.01. The van der Waals surface area contributed by atoms with E-state index in [1.54, 1.807) is 14.0 Å². The molecule has 0 bridgehead atoms. The Hall–Kier alpha value is -0.613. The molecule has 0 atom stereocenters. The van der Waals surface area contributed by atoms with Gasteiger partial charge in [0.25, 0.3) is 0 Å². The Balaban J connectivity index is 3.85. The quantitative estimate of drug-likeness (QED) is 0.485. The third kappa shape index (κ3) is 4.30. The zero-order valence-corrected chi connectivity index (χ0v) is 8.85. The molecule has 0 aromatic rings. The molecule has 0 aromatic carbocycles. The lowest BCUT2D eigenvalue weighted by Gasteiger charge is -2.10. The van der Waals surface area contributed by atoms with Gasteiger partial charge in [-0.25, -0.2) is 4.79 Å². The Morgan fingerprint density at radius 3 is 2.50 bits per heavy atom. The van der Waals surface area contributed by atoms with Crippen LogP contribution in [0.25, 0.3) is 0 Å². The highest BCUT2D eigenvalue weighted by atomic mass is 28.3. The van der Waals surface area contributed by atoms with Crippen LogP contribution in [-0.4, -0.2) is 22.4 Å². The fraction of sp³-hybridized carbons (Fsp3) is 0.625. The van der Waals surface area contributed by atoms with Crippen LogP contribution in [0.2, 0.25) is 6.04 Å². The maximum atomic E-state index is 11.0. The second-order valence-corrected chi connectivity index (χ2v) is 4.35. The SMILES string of the molecule is C=C(C)C(=O)O[Si](CCC)OC. The standard InChI is InChI=1S/C8H15O3Si/c1-5-6-12(10-4)11-8(9)7(2)3/h2,5-6H2,1,3-4H3. The van der Waals surface area contributed by atoms with Crippen LogP contribution in [0, 0.1) is 0 Å². The summed E-state index contributed by atoms with van der Waals surface area (Å²) >= 11 is 0. The largest absolute Gasteiger partial charge is 0.488 e. The van der Waals surface area contributed by atoms with Gasteiger partial charge >= 0.3 is 15.3 Å². The molecule has 0 aliphatic rings. The summed E-state index contributed by atoms with van der Waals surface area (Å²) in [5.74, 6) is -0.348. The van der Waals surface area contributed by atoms with Crippen molar-refractivity contribution in [3.05, 3.63) is 12.2 Å². The maximum absolute atomic E-state index is 11.0. The normalized spacial score (nSPS) is 10.0. The van der Waals surface area contributed by atoms with E-state index in [1.807, 2.05) is 6.92 Å². The van der Waals surface area contributed by atoms with Gasteiger partial charge in [-0.1, -0.05) is 19.9 Å². The Kier molecular flexibility index (Phi) is 5.66. The number of hydrogen-bond acceptors (Lipinski definition) is 3. The fourth-order valence-electron chi connectivity index (χ4n) is 0.589. The molecular weight excluding hydrogens is 172 g/mol. The van der Waals surface area contributed by atoms with E-state index in [4.69, 9.17) is 8.85 Å². The predicted molar refractivity (Wildman–Crippen MR) is 48.8 cm³/mol. The second-order valence-electron chi connectivity index (χ2n) is 2.50. The molecule has 0 fully saturated rings. The van der Waals surface area contributed by atoms with Crippen molar-refractivity contribution in [3.8, 4) is 0 Å². The van der Waals surface area contributed by atoms with E-state index < -0.39 is 9.28 Å². The van der Waals surface area contributed by atoms with E-state index in [1.165, 1.54) is 0 Å². The van der Waals surface area contributed by atoms with Crippen molar-refractivity contribution in [2.45, 2.75) is 26.3 Å². The molecule has 1 radical (unpaired) electrons. The smallest absolute Gasteiger partial charge is 0.459 e. The predicted octanol–water partition coefficient (Wildman–Crippen LogP) is 1.65. The molecule has 0 N–H and O–H groups in total. The monoisotopic (exact) mass is 187 g/mol. The number of hydrogen-bond donors (Lipinski definition) is 0. The minimum atomic E-state index is -1.39. The van der Waals surface area contributed by atoms with E-state index >= 15 is 0 Å². The van der Waals surface area contributed by atoms with Crippen LogP contribution in [-0.2, 0) is 13.6 Å². The molecule has 0 spiro atoms. The first kappa shape index (κ1) is 11.4. The van der Waals surface area contributed by atoms with Gasteiger partial charge in [0.2, 0.25) is 0 Å². The van der Waals surface area contributed by atoms with Gasteiger partial charge in [0, 0.05) is 18.7 Å². The lowest BCUT2D eigenvalue weighted by molar-refractivity contribution is -0.131. The van der Waals surface area contributed by atoms with Gasteiger partial charge in [-0.2, -0.15) is 0 Å². The van der Waals surface area contributed by atoms with Crippen LogP contribution >= 0.6 is 0 Å². The van der Waals surface area contributed by atoms with Crippen molar-refractivity contribution < 1.29 is 13.6 Å². The van der Waals surface area contributed by atoms with Crippen molar-refractivity contribution in [2.24, 2.45) is 0 Å². The molecule has 0 saturated heterocycles. The molecule has 0 unspecified atom stereocenters. The number of rotatable bonds is 5. The van der Waals surface area contributed by atoms with Gasteiger partial charge in [0.15, 0.2) is 0 Å². The summed E-state index contributed by atoms with van der Waals surface area (Å²) in [6.45, 7) is 7.14. The molecule has 0 aliphatic heterocycles. The first-order chi connectivity index (χ1) is 5.61. The van der Waals surface area contributed by atoms with Crippen LogP contribution in [0.15, 0.2) is 12.2 Å². The topological polar surface area (TPSA) is 35.5 Å². The Labute approximate surface area is 75.2 Å². The highest BCUT2D eigenvalue weighted by Gasteiger charge is 2.18. The highest BCUT2D eigenvalue weighted by Crippen LogP contribution is 2.02. The Bertz CT molecular complexity index is 168. The van der Waals surface area contributed by atoms with Crippen molar-refractivity contribution >= 4 is 15.3 Å². The molecule has 3 nitrogen and oxygen atoms in total. The third-order valence-electron chi connectivity index (χ3n) is 1.24. The van der Waals surface area contributed by atoms with Gasteiger partial charge in [-0.05, 0) is 6.92 Å². The first-order valence-corrected chi connectivity index (χ1v) is 5.41. The van der Waals surface area contributed by atoms with Crippen LogP contribution in [0.3, 0.4) is 0 Å². The van der Waals surface area contributed by atoms with E-state index in [-0.39, 0.29) is 5.97 Å². The summed E-state index contributed by atoms with van der Waals surface area (Å²) in [5, 5.41) is 0. The van der Waals surface area contributed by atoms with E-state index in [0.717, 1.165) is 12.5 Å². The van der Waals surface area contributed by atoms with E-state index in [9.17, 15) is 4.79 Å². The zero-order valence-electron chi connectivity index (χ0n) is 7.85. The number of carbonyl (C=O) groups excluding carboxylic acids is 1. The molecule has 0 saturated carbocycles. The minimum Gasteiger partial charge on any atom is -0.488 e. The summed E-state index contributed by atoms with van der Waals surface area (Å²) in [5.41, 5.74) is 0.422. The summed E-state index contributed by atoms with van der Waals surface area (Å²) in [7, 11) is 0.176. The van der Waals surface area contributed by atoms with Crippen LogP contribution in [0.4, 0.5) is 0 Å². The van der Waals surface area contributed by atoms with Gasteiger partial charge in [0.05, 0.1) is 0 Å². The summed E-state index contributed by atoms with van der Waals surface area (Å²) in [4.78, 5) is 11.0. The second kappa shape index (κ2) is 5.96. The van der Waals surface area contributed by atoms with Crippen molar-refractivity contribution in [3.63, 3.8) is 0 Å². The minimum absolute atomic E-state index is 0.348. The van der Waals surface area contributed by atoms with Crippen LogP contribution in [0.5, 0.6) is 0 Å². The Morgan fingerprint density at radius 1 is 1.58 bits per heavy atom. The highest BCUT2D eigenvalue weighted by molar-refractivity contribution is 6.47. The number of carbonyl (C=O) groups is 1. The molecular formula is C8H15O3Si. The average Bonchev–Trinajstić information content (AvgIpc) is 2.03. The molecule has 0 heterocycles. The van der Waals surface area contributed by atoms with Crippen molar-refractivity contribution in [2.75, 3.05) is 7.11 Å². The average molecular weight is 187 g/mol. The van der Waals surface area contributed by atoms with E-state index in [2.05, 4.69) is 6.58 Å². The lowest BCUT2D eigenvalue weighted by Crippen LogP contribution is -2.24. The first-order valence-electron chi connectivity index (χ1n) is 3.89. The van der Waals surface area contributed by atoms with Crippen molar-refractivity contribution in [1.82, 2.24) is 0 Å². The van der Waals surface area contributed by atoms with Crippen LogP contribution in [0.1, 0.15) is 20.3 Å². The van der Waals surface area contributed by atoms with E-state index in [0.29, 0.717) is 5.57 Å². The van der Waals surface area contributed by atoms with Crippen LogP contribution < -0.4 is 0 Å². The van der Waals surface area contributed by atoms with Gasteiger partial charge in [-0.3, -0.25) is 0 Å². The molecule has 0 aliphatic carbocycles. The van der Waals surface area contributed by atoms with Gasteiger partial charge in [0.1, 0.15) is 0 Å².